The number of hydrogen-bond donors (Lipinski definition) is 1. The molecule has 0 aliphatic heterocycles. The molecule has 1 aromatic rings. The van der Waals surface area contributed by atoms with Gasteiger partial charge in [0, 0.05) is 0 Å². The molecule has 0 spiro atoms. The third kappa shape index (κ3) is 2.65. The van der Waals surface area contributed by atoms with Crippen LogP contribution in [0.2, 0.25) is 0 Å². The van der Waals surface area contributed by atoms with Crippen molar-refractivity contribution in [3.63, 3.8) is 0 Å². The molecule has 1 fully saturated rings. The lowest BCUT2D eigenvalue weighted by atomic mass is 9.98. The predicted molar refractivity (Wildman–Crippen MR) is 61.6 cm³/mol. The summed E-state index contributed by atoms with van der Waals surface area (Å²) >= 11 is 0. The average molecular weight is 218 g/mol. The van der Waals surface area contributed by atoms with Crippen molar-refractivity contribution >= 4 is 0 Å². The highest BCUT2D eigenvalue weighted by Gasteiger charge is 2.22. The van der Waals surface area contributed by atoms with Crippen molar-refractivity contribution in [3.8, 4) is 6.07 Å². The van der Waals surface area contributed by atoms with Crippen molar-refractivity contribution in [2.75, 3.05) is 6.54 Å². The number of nitriles is 1. The highest BCUT2D eigenvalue weighted by atomic mass is 16.3. The van der Waals surface area contributed by atoms with Crippen LogP contribution in [0.4, 0.5) is 0 Å². The summed E-state index contributed by atoms with van der Waals surface area (Å²) < 4.78 is 5.30. The molecule has 1 aromatic heterocycles. The second-order valence-electron chi connectivity index (χ2n) is 4.68. The van der Waals surface area contributed by atoms with Gasteiger partial charge in [-0.15, -0.1) is 0 Å². The first-order valence-corrected chi connectivity index (χ1v) is 5.99. The van der Waals surface area contributed by atoms with Crippen molar-refractivity contribution in [1.82, 2.24) is 5.32 Å². The molecule has 86 valence electrons. The molecule has 0 radical (unpaired) electrons. The zero-order chi connectivity index (χ0) is 11.4. The van der Waals surface area contributed by atoms with Gasteiger partial charge in [0.25, 0.3) is 0 Å². The molecule has 16 heavy (non-hydrogen) atoms. The fourth-order valence-electron chi connectivity index (χ4n) is 2.44. The summed E-state index contributed by atoms with van der Waals surface area (Å²) in [6.45, 7) is 4.12. The van der Waals surface area contributed by atoms with Gasteiger partial charge in [0.05, 0.1) is 6.54 Å². The molecular weight excluding hydrogens is 200 g/mol. The fourth-order valence-corrected chi connectivity index (χ4v) is 2.44. The zero-order valence-corrected chi connectivity index (χ0v) is 9.70. The third-order valence-corrected chi connectivity index (χ3v) is 3.52. The molecule has 1 N–H and O–H groups in total. The van der Waals surface area contributed by atoms with E-state index in [2.05, 4.69) is 12.2 Å². The van der Waals surface area contributed by atoms with E-state index in [0.717, 1.165) is 30.7 Å². The Hall–Kier alpha value is -1.27. The van der Waals surface area contributed by atoms with Gasteiger partial charge < -0.3 is 9.73 Å². The molecule has 0 aromatic carbocycles. The van der Waals surface area contributed by atoms with Crippen molar-refractivity contribution in [3.05, 3.63) is 23.7 Å². The van der Waals surface area contributed by atoms with Crippen LogP contribution in [0.25, 0.3) is 0 Å². The maximum Gasteiger partial charge on any atom is 0.203 e. The molecule has 2 unspecified atom stereocenters. The van der Waals surface area contributed by atoms with E-state index in [1.165, 1.54) is 19.3 Å². The van der Waals surface area contributed by atoms with Crippen LogP contribution >= 0.6 is 0 Å². The lowest BCUT2D eigenvalue weighted by Crippen LogP contribution is -2.23. The summed E-state index contributed by atoms with van der Waals surface area (Å²) in [5.74, 6) is 2.90. The first kappa shape index (κ1) is 11.2. The van der Waals surface area contributed by atoms with E-state index >= 15 is 0 Å². The minimum absolute atomic E-state index is 0.394. The van der Waals surface area contributed by atoms with E-state index in [-0.39, 0.29) is 0 Å². The molecule has 1 saturated carbocycles. The van der Waals surface area contributed by atoms with Gasteiger partial charge in [0.1, 0.15) is 11.8 Å². The number of hydrogen-bond acceptors (Lipinski definition) is 3. The summed E-state index contributed by atoms with van der Waals surface area (Å²) in [6.07, 6.45) is 4.08. The second-order valence-corrected chi connectivity index (χ2v) is 4.68. The highest BCUT2D eigenvalue weighted by Crippen LogP contribution is 2.30. The number of rotatable bonds is 4. The van der Waals surface area contributed by atoms with E-state index in [1.54, 1.807) is 6.07 Å². The lowest BCUT2D eigenvalue weighted by Gasteiger charge is -2.15. The van der Waals surface area contributed by atoms with Crippen molar-refractivity contribution < 1.29 is 4.42 Å². The Morgan fingerprint density at radius 1 is 1.50 bits per heavy atom. The minimum atomic E-state index is 0.394. The molecule has 1 heterocycles. The summed E-state index contributed by atoms with van der Waals surface area (Å²) in [6, 6.07) is 5.57. The molecule has 3 nitrogen and oxygen atoms in total. The molecule has 0 bridgehead atoms. The largest absolute Gasteiger partial charge is 0.449 e. The number of nitrogens with one attached hydrogen (secondary N) is 1. The SMILES string of the molecule is CC1CCCC1CNCc1ccc(C#N)o1. The predicted octanol–water partition coefficient (Wildman–Crippen LogP) is 2.68. The third-order valence-electron chi connectivity index (χ3n) is 3.52. The standard InChI is InChI=1S/C13H18N2O/c1-10-3-2-4-11(10)8-15-9-13-6-5-12(7-14)16-13/h5-6,10-11,15H,2-4,8-9H2,1H3. The van der Waals surface area contributed by atoms with Crippen LogP contribution in [0.3, 0.4) is 0 Å². The topological polar surface area (TPSA) is 49.0 Å². The maximum absolute atomic E-state index is 8.62. The van der Waals surface area contributed by atoms with Gasteiger partial charge in [-0.1, -0.05) is 19.8 Å². The van der Waals surface area contributed by atoms with Crippen LogP contribution in [0, 0.1) is 23.2 Å². The first-order valence-electron chi connectivity index (χ1n) is 5.99. The quantitative estimate of drug-likeness (QED) is 0.845. The van der Waals surface area contributed by atoms with Crippen LogP contribution < -0.4 is 5.32 Å². The van der Waals surface area contributed by atoms with Crippen LogP contribution in [0.1, 0.15) is 37.7 Å². The number of nitrogens with zero attached hydrogens (tertiary/aromatic N) is 1. The van der Waals surface area contributed by atoms with Crippen molar-refractivity contribution in [1.29, 1.82) is 5.26 Å². The molecule has 1 aliphatic carbocycles. The normalized spacial score (nSPS) is 24.5. The first-order chi connectivity index (χ1) is 7.79. The molecule has 3 heteroatoms. The van der Waals surface area contributed by atoms with Gasteiger partial charge in [0.15, 0.2) is 0 Å². The summed E-state index contributed by atoms with van der Waals surface area (Å²) in [5.41, 5.74) is 0. The van der Waals surface area contributed by atoms with Crippen LogP contribution in [-0.2, 0) is 6.54 Å². The van der Waals surface area contributed by atoms with Gasteiger partial charge in [-0.05, 0) is 36.9 Å². The van der Waals surface area contributed by atoms with Crippen molar-refractivity contribution in [2.45, 2.75) is 32.7 Å². The Kier molecular flexibility index (Phi) is 3.63. The molecule has 2 rings (SSSR count). The maximum atomic E-state index is 8.62. The van der Waals surface area contributed by atoms with Gasteiger partial charge in [-0.2, -0.15) is 5.26 Å². The molecular formula is C13H18N2O. The average Bonchev–Trinajstić information content (AvgIpc) is 2.89. The summed E-state index contributed by atoms with van der Waals surface area (Å²) in [4.78, 5) is 0. The Morgan fingerprint density at radius 2 is 2.38 bits per heavy atom. The molecule has 0 amide bonds. The summed E-state index contributed by atoms with van der Waals surface area (Å²) in [7, 11) is 0. The fraction of sp³-hybridized carbons (Fsp3) is 0.615. The minimum Gasteiger partial charge on any atom is -0.449 e. The van der Waals surface area contributed by atoms with Crippen LogP contribution in [-0.4, -0.2) is 6.54 Å². The summed E-state index contributed by atoms with van der Waals surface area (Å²) in [5, 5.41) is 12.0. The van der Waals surface area contributed by atoms with E-state index < -0.39 is 0 Å². The molecule has 1 aliphatic rings. The van der Waals surface area contributed by atoms with Crippen LogP contribution in [0.15, 0.2) is 16.5 Å². The van der Waals surface area contributed by atoms with Gasteiger partial charge >= 0.3 is 0 Å². The van der Waals surface area contributed by atoms with Gasteiger partial charge in [-0.3, -0.25) is 0 Å². The van der Waals surface area contributed by atoms with Crippen molar-refractivity contribution in [2.24, 2.45) is 11.8 Å². The number of furan rings is 1. The zero-order valence-electron chi connectivity index (χ0n) is 9.70. The van der Waals surface area contributed by atoms with Gasteiger partial charge in [-0.25, -0.2) is 0 Å². The van der Waals surface area contributed by atoms with E-state index in [9.17, 15) is 0 Å². The molecule has 2 atom stereocenters. The monoisotopic (exact) mass is 218 g/mol. The second kappa shape index (κ2) is 5.18. The van der Waals surface area contributed by atoms with E-state index in [1.807, 2.05) is 12.1 Å². The Labute approximate surface area is 96.4 Å². The smallest absolute Gasteiger partial charge is 0.203 e. The lowest BCUT2D eigenvalue weighted by molar-refractivity contribution is 0.379. The van der Waals surface area contributed by atoms with E-state index in [4.69, 9.17) is 9.68 Å². The highest BCUT2D eigenvalue weighted by molar-refractivity contribution is 5.18. The Balaban J connectivity index is 1.73. The molecule has 0 saturated heterocycles. The van der Waals surface area contributed by atoms with Crippen LogP contribution in [0.5, 0.6) is 0 Å². The van der Waals surface area contributed by atoms with E-state index in [0.29, 0.717) is 5.76 Å². The van der Waals surface area contributed by atoms with Gasteiger partial charge in [0.2, 0.25) is 5.76 Å². The Bertz CT molecular complexity index is 378. The Morgan fingerprint density at radius 3 is 3.00 bits per heavy atom.